The molecule has 1 fully saturated rings. The Labute approximate surface area is 135 Å². The van der Waals surface area contributed by atoms with Crippen molar-refractivity contribution >= 4 is 36.2 Å². The topological polar surface area (TPSA) is 40.6 Å². The van der Waals surface area contributed by atoms with Crippen LogP contribution in [0.15, 0.2) is 0 Å². The van der Waals surface area contributed by atoms with Gasteiger partial charge in [0.1, 0.15) is 6.29 Å². The normalized spacial score (nSPS) is 21.4. The third kappa shape index (κ3) is 3.31. The molecule has 1 aliphatic rings. The van der Waals surface area contributed by atoms with Gasteiger partial charge in [0.2, 0.25) is 6.41 Å². The zero-order chi connectivity index (χ0) is 16.1. The van der Waals surface area contributed by atoms with Gasteiger partial charge < -0.3 is 9.69 Å². The maximum absolute atomic E-state index is 11.2. The van der Waals surface area contributed by atoms with Crippen LogP contribution in [0.1, 0.15) is 31.2 Å². The zero-order valence-corrected chi connectivity index (χ0v) is 14.4. The summed E-state index contributed by atoms with van der Waals surface area (Å²) in [5, 5.41) is 1.32. The van der Waals surface area contributed by atoms with Crippen LogP contribution in [0.25, 0.3) is 12.2 Å². The summed E-state index contributed by atoms with van der Waals surface area (Å²) in [7, 11) is 0. The van der Waals surface area contributed by atoms with Crippen molar-refractivity contribution in [2.75, 3.05) is 19.6 Å². The molecule has 0 aliphatic carbocycles. The van der Waals surface area contributed by atoms with E-state index in [-0.39, 0.29) is 6.04 Å². The van der Waals surface area contributed by atoms with Crippen molar-refractivity contribution in [1.82, 2.24) is 9.80 Å². The summed E-state index contributed by atoms with van der Waals surface area (Å²) in [5.41, 5.74) is 1.38. The van der Waals surface area contributed by atoms with Crippen molar-refractivity contribution in [3.05, 3.63) is 20.2 Å². The Balaban J connectivity index is 2.26. The molecule has 0 N–H and O–H groups in total. The summed E-state index contributed by atoms with van der Waals surface area (Å²) in [4.78, 5) is 27.5. The summed E-state index contributed by atoms with van der Waals surface area (Å²) in [6, 6.07) is -0.318. The van der Waals surface area contributed by atoms with Gasteiger partial charge in [-0.2, -0.15) is 0 Å². The molecule has 1 saturated heterocycles. The molecular weight excluding hydrogens is 296 g/mol. The fourth-order valence-electron chi connectivity index (χ4n) is 3.04. The fraction of sp³-hybridized carbons (Fsp3) is 0.529. The third-order valence-corrected chi connectivity index (χ3v) is 5.71. The predicted molar refractivity (Wildman–Crippen MR) is 91.1 cm³/mol. The SMILES string of the molecule is C/C=c1/c(CN2CCN(C=O)[C@H](C=O)C2)c(CC)s/c1=C/C. The number of hydrogen-bond donors (Lipinski definition) is 0. The zero-order valence-electron chi connectivity index (χ0n) is 13.5. The maximum atomic E-state index is 11.2. The standard InChI is InChI=1S/C17H24N2O2S/c1-4-14-15(17(6-3)22-16(14)5-2)10-18-7-8-19(12-21)13(9-18)11-20/h4-5,11-13H,6-10H2,1-3H3/b14-4-,16-5+/t13-/m0/s1. The molecule has 5 heteroatoms. The number of aryl methyl sites for hydroxylation is 1. The predicted octanol–water partition coefficient (Wildman–Crippen LogP) is 0.753. The molecule has 0 spiro atoms. The Kier molecular flexibility index (Phi) is 5.91. The van der Waals surface area contributed by atoms with Gasteiger partial charge in [0, 0.05) is 35.6 Å². The molecule has 1 aromatic heterocycles. The number of carbonyl (C=O) groups excluding carboxylic acids is 2. The van der Waals surface area contributed by atoms with Crippen molar-refractivity contribution in [3.8, 4) is 0 Å². The van der Waals surface area contributed by atoms with Crippen molar-refractivity contribution in [2.45, 2.75) is 39.8 Å². The van der Waals surface area contributed by atoms with Gasteiger partial charge in [0.25, 0.3) is 0 Å². The van der Waals surface area contributed by atoms with Crippen LogP contribution in [0.2, 0.25) is 0 Å². The van der Waals surface area contributed by atoms with Crippen molar-refractivity contribution in [3.63, 3.8) is 0 Å². The molecule has 1 aromatic rings. The Morgan fingerprint density at radius 1 is 1.23 bits per heavy atom. The lowest BCUT2D eigenvalue weighted by Crippen LogP contribution is -2.53. The van der Waals surface area contributed by atoms with E-state index in [2.05, 4.69) is 37.8 Å². The van der Waals surface area contributed by atoms with Crippen molar-refractivity contribution in [2.24, 2.45) is 0 Å². The van der Waals surface area contributed by atoms with E-state index in [4.69, 9.17) is 0 Å². The van der Waals surface area contributed by atoms with Gasteiger partial charge in [0.05, 0.1) is 6.04 Å². The molecule has 2 heterocycles. The Hall–Kier alpha value is -1.46. The molecule has 0 unspecified atom stereocenters. The largest absolute Gasteiger partial charge is 0.333 e. The van der Waals surface area contributed by atoms with Crippen LogP contribution >= 0.6 is 11.3 Å². The molecule has 22 heavy (non-hydrogen) atoms. The number of hydrogen-bond acceptors (Lipinski definition) is 4. The van der Waals surface area contributed by atoms with Gasteiger partial charge in [-0.25, -0.2) is 0 Å². The molecule has 120 valence electrons. The maximum Gasteiger partial charge on any atom is 0.210 e. The van der Waals surface area contributed by atoms with E-state index >= 15 is 0 Å². The first kappa shape index (κ1) is 16.9. The van der Waals surface area contributed by atoms with Crippen LogP contribution in [0.3, 0.4) is 0 Å². The molecule has 0 bridgehead atoms. The Morgan fingerprint density at radius 3 is 2.55 bits per heavy atom. The minimum atomic E-state index is -0.318. The van der Waals surface area contributed by atoms with E-state index in [0.29, 0.717) is 13.1 Å². The average molecular weight is 320 g/mol. The first-order valence-corrected chi connectivity index (χ1v) is 8.62. The number of amides is 1. The Morgan fingerprint density at radius 2 is 2.00 bits per heavy atom. The summed E-state index contributed by atoms with van der Waals surface area (Å²) in [5.74, 6) is 0. The van der Waals surface area contributed by atoms with Gasteiger partial charge in [-0.05, 0) is 31.1 Å². The van der Waals surface area contributed by atoms with Gasteiger partial charge in [-0.1, -0.05) is 19.1 Å². The van der Waals surface area contributed by atoms with Gasteiger partial charge in [-0.15, -0.1) is 11.3 Å². The third-order valence-electron chi connectivity index (χ3n) is 4.25. The minimum absolute atomic E-state index is 0.318. The van der Waals surface area contributed by atoms with E-state index < -0.39 is 0 Å². The lowest BCUT2D eigenvalue weighted by atomic mass is 10.1. The highest BCUT2D eigenvalue weighted by atomic mass is 32.1. The van der Waals surface area contributed by atoms with Crippen LogP contribution < -0.4 is 9.75 Å². The highest BCUT2D eigenvalue weighted by Crippen LogP contribution is 2.15. The summed E-state index contributed by atoms with van der Waals surface area (Å²) >= 11 is 1.86. The monoisotopic (exact) mass is 320 g/mol. The molecule has 1 amide bonds. The highest BCUT2D eigenvalue weighted by Gasteiger charge is 2.26. The molecule has 0 aromatic carbocycles. The van der Waals surface area contributed by atoms with Crippen molar-refractivity contribution < 1.29 is 9.59 Å². The number of rotatable bonds is 5. The molecule has 1 aliphatic heterocycles. The van der Waals surface area contributed by atoms with E-state index in [0.717, 1.165) is 32.2 Å². The average Bonchev–Trinajstić information content (AvgIpc) is 2.91. The molecule has 4 nitrogen and oxygen atoms in total. The molecular formula is C17H24N2O2S. The van der Waals surface area contributed by atoms with Crippen LogP contribution in [-0.4, -0.2) is 48.2 Å². The summed E-state index contributed by atoms with van der Waals surface area (Å²) in [6.07, 6.45) is 7.04. The molecule has 0 saturated carbocycles. The lowest BCUT2D eigenvalue weighted by Gasteiger charge is -2.36. The molecule has 2 rings (SSSR count). The number of aldehydes is 1. The second-order valence-corrected chi connectivity index (χ2v) is 6.63. The van der Waals surface area contributed by atoms with Crippen molar-refractivity contribution in [1.29, 1.82) is 0 Å². The highest BCUT2D eigenvalue weighted by molar-refractivity contribution is 7.10. The van der Waals surface area contributed by atoms with Crippen LogP contribution in [-0.2, 0) is 22.6 Å². The molecule has 0 radical (unpaired) electrons. The first-order valence-electron chi connectivity index (χ1n) is 7.80. The van der Waals surface area contributed by atoms with E-state index in [9.17, 15) is 9.59 Å². The summed E-state index contributed by atoms with van der Waals surface area (Å²) in [6.45, 7) is 9.25. The Bertz CT molecular complexity index is 650. The van der Waals surface area contributed by atoms with Gasteiger partial charge >= 0.3 is 0 Å². The van der Waals surface area contributed by atoms with Gasteiger partial charge in [-0.3, -0.25) is 9.69 Å². The quantitative estimate of drug-likeness (QED) is 0.752. The van der Waals surface area contributed by atoms with Crippen LogP contribution in [0.5, 0.6) is 0 Å². The second kappa shape index (κ2) is 7.70. The molecule has 1 atom stereocenters. The van der Waals surface area contributed by atoms with E-state index in [1.165, 1.54) is 20.2 Å². The summed E-state index contributed by atoms with van der Waals surface area (Å²) < 4.78 is 1.33. The number of carbonyl (C=O) groups is 2. The number of thiophene rings is 1. The number of nitrogens with zero attached hydrogens (tertiary/aromatic N) is 2. The smallest absolute Gasteiger partial charge is 0.210 e. The van der Waals surface area contributed by atoms with Crippen LogP contribution in [0.4, 0.5) is 0 Å². The van der Waals surface area contributed by atoms with E-state index in [1.807, 2.05) is 11.3 Å². The second-order valence-electron chi connectivity index (χ2n) is 5.49. The number of piperazine rings is 1. The van der Waals surface area contributed by atoms with E-state index in [1.54, 1.807) is 4.90 Å². The minimum Gasteiger partial charge on any atom is -0.333 e. The van der Waals surface area contributed by atoms with Crippen LogP contribution in [0, 0.1) is 0 Å². The van der Waals surface area contributed by atoms with Gasteiger partial charge in [0.15, 0.2) is 0 Å². The first-order chi connectivity index (χ1) is 10.7. The fourth-order valence-corrected chi connectivity index (χ4v) is 4.22. The lowest BCUT2D eigenvalue weighted by molar-refractivity contribution is -0.128.